The van der Waals surface area contributed by atoms with Crippen LogP contribution in [0.3, 0.4) is 0 Å². The van der Waals surface area contributed by atoms with Crippen LogP contribution in [0.15, 0.2) is 44.5 Å². The first-order valence-corrected chi connectivity index (χ1v) is 9.24. The molecule has 27 heavy (non-hydrogen) atoms. The summed E-state index contributed by atoms with van der Waals surface area (Å²) >= 11 is 3.38. The first-order valence-electron chi connectivity index (χ1n) is 8.45. The molecular weight excluding hydrogens is 414 g/mol. The summed E-state index contributed by atoms with van der Waals surface area (Å²) in [5, 5.41) is 9.30. The molecule has 0 atom stereocenters. The SMILES string of the molecule is Cc1cn2c3c(=O)n(Cc4ccc(Br)cc4)c(=O)n(C)c3nc2n1CCO. The van der Waals surface area contributed by atoms with E-state index in [2.05, 4.69) is 20.9 Å². The van der Waals surface area contributed by atoms with E-state index in [-0.39, 0.29) is 18.7 Å². The number of imidazole rings is 2. The molecular formula is C18H18BrN5O3. The fraction of sp³-hybridized carbons (Fsp3) is 0.278. The van der Waals surface area contributed by atoms with Gasteiger partial charge in [0.1, 0.15) is 0 Å². The van der Waals surface area contributed by atoms with Crippen LogP contribution < -0.4 is 11.2 Å². The molecule has 0 spiro atoms. The average molecular weight is 432 g/mol. The van der Waals surface area contributed by atoms with Crippen LogP contribution in [0.5, 0.6) is 0 Å². The molecule has 3 heterocycles. The molecule has 0 aliphatic rings. The number of hydrogen-bond acceptors (Lipinski definition) is 4. The molecule has 0 saturated carbocycles. The van der Waals surface area contributed by atoms with E-state index in [4.69, 9.17) is 0 Å². The fourth-order valence-electron chi connectivity index (χ4n) is 3.34. The maximum absolute atomic E-state index is 13.1. The highest BCUT2D eigenvalue weighted by molar-refractivity contribution is 9.10. The summed E-state index contributed by atoms with van der Waals surface area (Å²) in [6.45, 7) is 2.39. The van der Waals surface area contributed by atoms with Crippen LogP contribution in [-0.2, 0) is 20.1 Å². The van der Waals surface area contributed by atoms with Crippen molar-refractivity contribution in [3.8, 4) is 0 Å². The summed E-state index contributed by atoms with van der Waals surface area (Å²) < 4.78 is 7.06. The Bertz CT molecular complexity index is 1280. The second kappa shape index (κ2) is 6.50. The van der Waals surface area contributed by atoms with Gasteiger partial charge < -0.3 is 9.67 Å². The van der Waals surface area contributed by atoms with Gasteiger partial charge in [-0.1, -0.05) is 28.1 Å². The van der Waals surface area contributed by atoms with Gasteiger partial charge in [0.15, 0.2) is 11.2 Å². The second-order valence-corrected chi connectivity index (χ2v) is 7.37. The van der Waals surface area contributed by atoms with Gasteiger partial charge in [0.05, 0.1) is 13.2 Å². The predicted octanol–water partition coefficient (Wildman–Crippen LogP) is 1.26. The van der Waals surface area contributed by atoms with Crippen molar-refractivity contribution in [2.75, 3.05) is 6.61 Å². The third-order valence-electron chi connectivity index (χ3n) is 4.72. The Balaban J connectivity index is 1.99. The summed E-state index contributed by atoms with van der Waals surface area (Å²) in [6.07, 6.45) is 1.80. The number of benzene rings is 1. The van der Waals surface area contributed by atoms with Crippen molar-refractivity contribution in [2.24, 2.45) is 7.05 Å². The molecule has 0 bridgehead atoms. The Morgan fingerprint density at radius 2 is 1.85 bits per heavy atom. The Kier molecular flexibility index (Phi) is 4.27. The number of nitrogens with zero attached hydrogens (tertiary/aromatic N) is 5. The topological polar surface area (TPSA) is 86.5 Å². The van der Waals surface area contributed by atoms with Gasteiger partial charge in [-0.15, -0.1) is 0 Å². The van der Waals surface area contributed by atoms with Gasteiger partial charge in [-0.3, -0.25) is 18.3 Å². The van der Waals surface area contributed by atoms with Crippen LogP contribution >= 0.6 is 15.9 Å². The van der Waals surface area contributed by atoms with Crippen LogP contribution in [0.1, 0.15) is 11.3 Å². The van der Waals surface area contributed by atoms with Crippen molar-refractivity contribution in [1.82, 2.24) is 23.1 Å². The van der Waals surface area contributed by atoms with E-state index in [0.29, 0.717) is 23.5 Å². The highest BCUT2D eigenvalue weighted by Gasteiger charge is 2.20. The number of aromatic nitrogens is 5. The van der Waals surface area contributed by atoms with E-state index >= 15 is 0 Å². The lowest BCUT2D eigenvalue weighted by atomic mass is 10.2. The molecule has 0 aliphatic heterocycles. The molecule has 3 aromatic heterocycles. The quantitative estimate of drug-likeness (QED) is 0.526. The number of rotatable bonds is 4. The summed E-state index contributed by atoms with van der Waals surface area (Å²) in [6, 6.07) is 7.49. The zero-order valence-electron chi connectivity index (χ0n) is 14.9. The number of fused-ring (bicyclic) bond motifs is 3. The molecule has 8 nitrogen and oxygen atoms in total. The Morgan fingerprint density at radius 3 is 2.52 bits per heavy atom. The Hall–Kier alpha value is -2.65. The van der Waals surface area contributed by atoms with Gasteiger partial charge in [0.25, 0.3) is 5.56 Å². The van der Waals surface area contributed by atoms with E-state index < -0.39 is 5.69 Å². The second-order valence-electron chi connectivity index (χ2n) is 6.46. The summed E-state index contributed by atoms with van der Waals surface area (Å²) in [5.41, 5.74) is 1.61. The van der Waals surface area contributed by atoms with Gasteiger partial charge in [-0.05, 0) is 24.6 Å². The first kappa shape index (κ1) is 17.7. The van der Waals surface area contributed by atoms with E-state index in [1.807, 2.05) is 35.8 Å². The van der Waals surface area contributed by atoms with Crippen LogP contribution in [0.25, 0.3) is 16.9 Å². The van der Waals surface area contributed by atoms with E-state index in [1.54, 1.807) is 17.6 Å². The maximum Gasteiger partial charge on any atom is 0.332 e. The molecule has 140 valence electrons. The molecule has 0 unspecified atom stereocenters. The fourth-order valence-corrected chi connectivity index (χ4v) is 3.61. The molecule has 9 heteroatoms. The minimum Gasteiger partial charge on any atom is -0.395 e. The third kappa shape index (κ3) is 2.74. The molecule has 0 radical (unpaired) electrons. The molecule has 0 aliphatic carbocycles. The predicted molar refractivity (Wildman–Crippen MR) is 105 cm³/mol. The smallest absolute Gasteiger partial charge is 0.332 e. The van der Waals surface area contributed by atoms with Gasteiger partial charge in [0.2, 0.25) is 5.78 Å². The number of aliphatic hydroxyl groups is 1. The molecule has 0 fully saturated rings. The summed E-state index contributed by atoms with van der Waals surface area (Å²) in [5.74, 6) is 0.532. The minimum absolute atomic E-state index is 0.0406. The lowest BCUT2D eigenvalue weighted by Crippen LogP contribution is -2.39. The largest absolute Gasteiger partial charge is 0.395 e. The molecule has 4 rings (SSSR count). The first-order chi connectivity index (χ1) is 12.9. The Labute approximate surface area is 162 Å². The Morgan fingerprint density at radius 1 is 1.15 bits per heavy atom. The normalized spacial score (nSPS) is 11.7. The van der Waals surface area contributed by atoms with Crippen LogP contribution in [0.2, 0.25) is 0 Å². The summed E-state index contributed by atoms with van der Waals surface area (Å²) in [4.78, 5) is 30.4. The van der Waals surface area contributed by atoms with Crippen molar-refractivity contribution in [2.45, 2.75) is 20.0 Å². The molecule has 0 amide bonds. The van der Waals surface area contributed by atoms with Crippen molar-refractivity contribution in [3.05, 3.63) is 67.0 Å². The number of aliphatic hydroxyl groups excluding tert-OH is 1. The van der Waals surface area contributed by atoms with E-state index in [9.17, 15) is 14.7 Å². The minimum atomic E-state index is -0.415. The standard InChI is InChI=1S/C18H18BrN5O3/c1-11-9-23-14-15(20-17(23)22(11)7-8-25)21(2)18(27)24(16(14)26)10-12-3-5-13(19)6-4-12/h3-6,9,25H,7-8,10H2,1-2H3. The lowest BCUT2D eigenvalue weighted by molar-refractivity contribution is 0.276. The highest BCUT2D eigenvalue weighted by atomic mass is 79.9. The van der Waals surface area contributed by atoms with E-state index in [0.717, 1.165) is 15.7 Å². The zero-order valence-corrected chi connectivity index (χ0v) is 16.5. The van der Waals surface area contributed by atoms with Crippen LogP contribution in [0, 0.1) is 6.92 Å². The number of aryl methyl sites for hydroxylation is 2. The van der Waals surface area contributed by atoms with Gasteiger partial charge in [0, 0.05) is 30.0 Å². The highest BCUT2D eigenvalue weighted by Crippen LogP contribution is 2.16. The van der Waals surface area contributed by atoms with Crippen molar-refractivity contribution < 1.29 is 5.11 Å². The van der Waals surface area contributed by atoms with E-state index in [1.165, 1.54) is 9.13 Å². The lowest BCUT2D eigenvalue weighted by Gasteiger charge is -2.08. The van der Waals surface area contributed by atoms with Crippen LogP contribution in [0.4, 0.5) is 0 Å². The van der Waals surface area contributed by atoms with Crippen LogP contribution in [-0.4, -0.2) is 34.8 Å². The monoisotopic (exact) mass is 431 g/mol. The number of hydrogen-bond donors (Lipinski definition) is 1. The third-order valence-corrected chi connectivity index (χ3v) is 5.25. The molecule has 0 saturated heterocycles. The van der Waals surface area contributed by atoms with Crippen molar-refractivity contribution >= 4 is 32.9 Å². The average Bonchev–Trinajstić information content (AvgIpc) is 3.15. The van der Waals surface area contributed by atoms with Crippen molar-refractivity contribution in [1.29, 1.82) is 0 Å². The molecule has 4 aromatic rings. The molecule has 1 aromatic carbocycles. The zero-order chi connectivity index (χ0) is 19.3. The van der Waals surface area contributed by atoms with Crippen molar-refractivity contribution in [3.63, 3.8) is 0 Å². The molecule has 1 N–H and O–H groups in total. The maximum atomic E-state index is 13.1. The van der Waals surface area contributed by atoms with Gasteiger partial charge in [-0.25, -0.2) is 4.79 Å². The van der Waals surface area contributed by atoms with Gasteiger partial charge in [-0.2, -0.15) is 4.98 Å². The number of halogens is 1. The summed E-state index contributed by atoms with van der Waals surface area (Å²) in [7, 11) is 1.61. The van der Waals surface area contributed by atoms with Gasteiger partial charge >= 0.3 is 5.69 Å².